The maximum absolute atomic E-state index is 13.7. The van der Waals surface area contributed by atoms with Gasteiger partial charge in [0.2, 0.25) is 5.88 Å². The number of halogens is 1. The topological polar surface area (TPSA) is 90.3 Å². The van der Waals surface area contributed by atoms with Crippen LogP contribution in [0.1, 0.15) is 17.4 Å². The van der Waals surface area contributed by atoms with Crippen molar-refractivity contribution in [2.24, 2.45) is 7.05 Å². The number of aromatic nitrogens is 3. The second-order valence-electron chi connectivity index (χ2n) is 6.21. The van der Waals surface area contributed by atoms with Gasteiger partial charge in [-0.15, -0.1) is 0 Å². The molecule has 1 aromatic carbocycles. The molecule has 0 bridgehead atoms. The van der Waals surface area contributed by atoms with E-state index in [0.717, 1.165) is 0 Å². The molecule has 0 aliphatic carbocycles. The van der Waals surface area contributed by atoms with E-state index in [9.17, 15) is 9.18 Å². The van der Waals surface area contributed by atoms with Crippen molar-refractivity contribution >= 4 is 11.7 Å². The van der Waals surface area contributed by atoms with Gasteiger partial charge in [-0.3, -0.25) is 0 Å². The van der Waals surface area contributed by atoms with E-state index in [-0.39, 0.29) is 0 Å². The van der Waals surface area contributed by atoms with Gasteiger partial charge >= 0.3 is 6.03 Å². The number of ether oxygens (including phenoxy) is 2. The Balaban J connectivity index is 1.70. The molecule has 8 nitrogen and oxygen atoms in total. The highest BCUT2D eigenvalue weighted by Gasteiger charge is 2.21. The van der Waals surface area contributed by atoms with Crippen LogP contribution in [0.4, 0.5) is 14.9 Å². The number of benzene rings is 1. The molecular formula is C20H22FN5O3. The van der Waals surface area contributed by atoms with E-state index < -0.39 is 17.9 Å². The molecule has 0 radical (unpaired) electrons. The number of methoxy groups -OCH3 is 1. The van der Waals surface area contributed by atoms with Crippen LogP contribution in [0.15, 0.2) is 55.0 Å². The van der Waals surface area contributed by atoms with Gasteiger partial charge in [0.1, 0.15) is 24.3 Å². The van der Waals surface area contributed by atoms with Gasteiger partial charge in [-0.1, -0.05) is 12.1 Å². The van der Waals surface area contributed by atoms with E-state index >= 15 is 0 Å². The highest BCUT2D eigenvalue weighted by molar-refractivity contribution is 5.89. The van der Waals surface area contributed by atoms with Crippen LogP contribution in [0.25, 0.3) is 0 Å². The summed E-state index contributed by atoms with van der Waals surface area (Å²) in [5.41, 5.74) is 1.06. The SMILES string of the molecule is COCCOc1ccc(NC(=O)NC(c2cccc(F)c2)c2nccn2C)cn1. The maximum Gasteiger partial charge on any atom is 0.320 e. The van der Waals surface area contributed by atoms with Gasteiger partial charge in [-0.25, -0.2) is 19.2 Å². The zero-order valence-electron chi connectivity index (χ0n) is 16.1. The molecule has 0 aliphatic rings. The maximum atomic E-state index is 13.7. The zero-order chi connectivity index (χ0) is 20.6. The highest BCUT2D eigenvalue weighted by atomic mass is 19.1. The number of urea groups is 1. The number of rotatable bonds is 8. The van der Waals surface area contributed by atoms with Crippen LogP contribution < -0.4 is 15.4 Å². The Bertz CT molecular complexity index is 945. The third-order valence-corrected chi connectivity index (χ3v) is 4.11. The predicted molar refractivity (Wildman–Crippen MR) is 105 cm³/mol. The molecule has 2 amide bonds. The first-order valence-electron chi connectivity index (χ1n) is 8.95. The quantitative estimate of drug-likeness (QED) is 0.569. The van der Waals surface area contributed by atoms with Crippen molar-refractivity contribution in [2.45, 2.75) is 6.04 Å². The molecular weight excluding hydrogens is 377 g/mol. The summed E-state index contributed by atoms with van der Waals surface area (Å²) in [4.78, 5) is 21.0. The number of nitrogens with one attached hydrogen (secondary N) is 2. The van der Waals surface area contributed by atoms with Gasteiger partial charge in [0.15, 0.2) is 0 Å². The highest BCUT2D eigenvalue weighted by Crippen LogP contribution is 2.21. The van der Waals surface area contributed by atoms with Gasteiger partial charge < -0.3 is 24.7 Å². The van der Waals surface area contributed by atoms with Gasteiger partial charge in [0.05, 0.1) is 18.5 Å². The van der Waals surface area contributed by atoms with Crippen LogP contribution in [-0.4, -0.2) is 40.9 Å². The Morgan fingerprint density at radius 2 is 2.10 bits per heavy atom. The van der Waals surface area contributed by atoms with E-state index in [1.165, 1.54) is 18.3 Å². The van der Waals surface area contributed by atoms with Crippen LogP contribution in [0.2, 0.25) is 0 Å². The van der Waals surface area contributed by atoms with Crippen LogP contribution in [0.3, 0.4) is 0 Å². The number of amides is 2. The van der Waals surface area contributed by atoms with E-state index in [4.69, 9.17) is 9.47 Å². The molecule has 0 fully saturated rings. The molecule has 29 heavy (non-hydrogen) atoms. The van der Waals surface area contributed by atoms with Crippen molar-refractivity contribution in [2.75, 3.05) is 25.6 Å². The summed E-state index contributed by atoms with van der Waals surface area (Å²) in [6.45, 7) is 0.842. The molecule has 1 unspecified atom stereocenters. The first kappa shape index (κ1) is 20.3. The number of hydrogen-bond acceptors (Lipinski definition) is 5. The Morgan fingerprint density at radius 1 is 1.24 bits per heavy atom. The van der Waals surface area contributed by atoms with Gasteiger partial charge in [0, 0.05) is 32.6 Å². The molecule has 3 rings (SSSR count). The Hall–Kier alpha value is -3.46. The first-order valence-corrected chi connectivity index (χ1v) is 8.95. The normalized spacial score (nSPS) is 11.7. The van der Waals surface area contributed by atoms with Gasteiger partial charge in [0.25, 0.3) is 0 Å². The lowest BCUT2D eigenvalue weighted by molar-refractivity contribution is 0.144. The number of hydrogen-bond donors (Lipinski definition) is 2. The molecule has 2 aromatic heterocycles. The Labute approximate surface area is 167 Å². The molecule has 1 atom stereocenters. The predicted octanol–water partition coefficient (Wildman–Crippen LogP) is 2.89. The summed E-state index contributed by atoms with van der Waals surface area (Å²) in [6, 6.07) is 8.25. The van der Waals surface area contributed by atoms with E-state index in [1.54, 1.807) is 55.4 Å². The van der Waals surface area contributed by atoms with Crippen LogP contribution >= 0.6 is 0 Å². The van der Waals surface area contributed by atoms with E-state index in [0.29, 0.717) is 36.2 Å². The number of pyridine rings is 1. The standard InChI is InChI=1S/C20H22FN5O3/c1-26-9-8-22-19(26)18(14-4-3-5-15(21)12-14)25-20(27)24-16-6-7-17(23-13-16)29-11-10-28-2/h3-9,12-13,18H,10-11H2,1-2H3,(H2,24,25,27). The molecule has 152 valence electrons. The second kappa shape index (κ2) is 9.65. The molecule has 0 saturated heterocycles. The largest absolute Gasteiger partial charge is 0.475 e. The lowest BCUT2D eigenvalue weighted by Gasteiger charge is -2.19. The van der Waals surface area contributed by atoms with E-state index in [2.05, 4.69) is 20.6 Å². The van der Waals surface area contributed by atoms with Crippen molar-refractivity contribution in [3.63, 3.8) is 0 Å². The smallest absolute Gasteiger partial charge is 0.320 e. The summed E-state index contributed by atoms with van der Waals surface area (Å²) in [7, 11) is 3.39. The van der Waals surface area contributed by atoms with Gasteiger partial charge in [-0.2, -0.15) is 0 Å². The number of aryl methyl sites for hydroxylation is 1. The first-order chi connectivity index (χ1) is 14.1. The minimum absolute atomic E-state index is 0.385. The summed E-state index contributed by atoms with van der Waals surface area (Å²) >= 11 is 0. The zero-order valence-corrected chi connectivity index (χ0v) is 16.1. The fraction of sp³-hybridized carbons (Fsp3) is 0.250. The van der Waals surface area contributed by atoms with Crippen molar-refractivity contribution in [1.82, 2.24) is 19.9 Å². The van der Waals surface area contributed by atoms with Crippen molar-refractivity contribution < 1.29 is 18.7 Å². The molecule has 2 N–H and O–H groups in total. The minimum atomic E-state index is -0.629. The van der Waals surface area contributed by atoms with Crippen molar-refractivity contribution in [1.29, 1.82) is 0 Å². The number of imidazole rings is 1. The monoisotopic (exact) mass is 399 g/mol. The average molecular weight is 399 g/mol. The number of nitrogens with zero attached hydrogens (tertiary/aromatic N) is 3. The minimum Gasteiger partial charge on any atom is -0.475 e. The van der Waals surface area contributed by atoms with Crippen LogP contribution in [-0.2, 0) is 11.8 Å². The third-order valence-electron chi connectivity index (χ3n) is 4.11. The molecule has 0 aliphatic heterocycles. The summed E-state index contributed by atoms with van der Waals surface area (Å²) in [6.07, 6.45) is 4.86. The Kier molecular flexibility index (Phi) is 6.75. The lowest BCUT2D eigenvalue weighted by atomic mass is 10.1. The molecule has 3 aromatic rings. The number of carbonyl (C=O) groups is 1. The summed E-state index contributed by atoms with van der Waals surface area (Å²) in [5.74, 6) is 0.613. The van der Waals surface area contributed by atoms with Gasteiger partial charge in [-0.05, 0) is 23.8 Å². The second-order valence-corrected chi connectivity index (χ2v) is 6.21. The van der Waals surface area contributed by atoms with Crippen LogP contribution in [0, 0.1) is 5.82 Å². The summed E-state index contributed by atoms with van der Waals surface area (Å²) in [5, 5.41) is 5.54. The molecule has 0 saturated carbocycles. The van der Waals surface area contributed by atoms with Crippen molar-refractivity contribution in [3.05, 3.63) is 72.2 Å². The fourth-order valence-electron chi connectivity index (χ4n) is 2.71. The molecule has 9 heteroatoms. The fourth-order valence-corrected chi connectivity index (χ4v) is 2.71. The summed E-state index contributed by atoms with van der Waals surface area (Å²) < 4.78 is 25.8. The van der Waals surface area contributed by atoms with E-state index in [1.807, 2.05) is 0 Å². The Morgan fingerprint density at radius 3 is 2.76 bits per heavy atom. The third kappa shape index (κ3) is 5.52. The van der Waals surface area contributed by atoms with Crippen molar-refractivity contribution in [3.8, 4) is 5.88 Å². The molecule has 0 spiro atoms. The lowest BCUT2D eigenvalue weighted by Crippen LogP contribution is -2.34. The number of carbonyl (C=O) groups excluding carboxylic acids is 1. The molecule has 2 heterocycles. The average Bonchev–Trinajstić information content (AvgIpc) is 3.13. The number of anilines is 1. The van der Waals surface area contributed by atoms with Crippen LogP contribution in [0.5, 0.6) is 5.88 Å².